The number of halogens is 1. The van der Waals surface area contributed by atoms with E-state index in [2.05, 4.69) is 0 Å². The quantitative estimate of drug-likeness (QED) is 0.594. The van der Waals surface area contributed by atoms with E-state index in [1.165, 1.54) is 0 Å². The van der Waals surface area contributed by atoms with Crippen molar-refractivity contribution in [3.63, 3.8) is 0 Å². The number of hydrogen-bond acceptors (Lipinski definition) is 2. The molecule has 0 aliphatic rings. The van der Waals surface area contributed by atoms with Gasteiger partial charge >= 0.3 is 5.97 Å². The molecule has 0 saturated heterocycles. The van der Waals surface area contributed by atoms with Crippen molar-refractivity contribution >= 4 is 17.6 Å². The van der Waals surface area contributed by atoms with Gasteiger partial charge in [-0.1, -0.05) is 35.4 Å². The molecule has 3 heteroatoms. The predicted octanol–water partition coefficient (Wildman–Crippen LogP) is 3.87. The summed E-state index contributed by atoms with van der Waals surface area (Å²) in [5, 5.41) is 0.517. The Morgan fingerprint density at radius 2 is 1.82 bits per heavy atom. The van der Waals surface area contributed by atoms with Crippen LogP contribution in [0.1, 0.15) is 15.9 Å². The number of aryl methyl sites for hydroxylation is 1. The van der Waals surface area contributed by atoms with Crippen molar-refractivity contribution < 1.29 is 9.53 Å². The first kappa shape index (κ1) is 11.7. The third-order valence-corrected chi connectivity index (χ3v) is 2.53. The lowest BCUT2D eigenvalue weighted by molar-refractivity contribution is 0.0734. The number of rotatable bonds is 2. The zero-order chi connectivity index (χ0) is 12.3. The van der Waals surface area contributed by atoms with E-state index in [0.717, 1.165) is 5.56 Å². The zero-order valence-corrected chi connectivity index (χ0v) is 10.1. The second-order valence-electron chi connectivity index (χ2n) is 3.71. The van der Waals surface area contributed by atoms with Crippen LogP contribution < -0.4 is 4.74 Å². The highest BCUT2D eigenvalue weighted by Gasteiger charge is 2.08. The summed E-state index contributed by atoms with van der Waals surface area (Å²) in [5.74, 6) is 0.122. The van der Waals surface area contributed by atoms with Crippen LogP contribution in [0, 0.1) is 6.92 Å². The van der Waals surface area contributed by atoms with E-state index < -0.39 is 5.97 Å². The molecule has 0 amide bonds. The van der Waals surface area contributed by atoms with Gasteiger partial charge in [-0.2, -0.15) is 0 Å². The fraction of sp³-hybridized carbons (Fsp3) is 0.0714. The summed E-state index contributed by atoms with van der Waals surface area (Å²) >= 11 is 5.80. The first-order valence-electron chi connectivity index (χ1n) is 5.19. The Kier molecular flexibility index (Phi) is 3.45. The van der Waals surface area contributed by atoms with Crippen LogP contribution >= 0.6 is 11.6 Å². The molecular weight excluding hydrogens is 236 g/mol. The van der Waals surface area contributed by atoms with Gasteiger partial charge < -0.3 is 4.74 Å². The van der Waals surface area contributed by atoms with Gasteiger partial charge in [-0.25, -0.2) is 4.79 Å². The Morgan fingerprint density at radius 3 is 2.47 bits per heavy atom. The van der Waals surface area contributed by atoms with Crippen LogP contribution in [0.15, 0.2) is 48.5 Å². The predicted molar refractivity (Wildman–Crippen MR) is 67.6 cm³/mol. The van der Waals surface area contributed by atoms with Crippen molar-refractivity contribution in [3.8, 4) is 5.75 Å². The highest BCUT2D eigenvalue weighted by Crippen LogP contribution is 2.16. The lowest BCUT2D eigenvalue weighted by Gasteiger charge is -2.04. The van der Waals surface area contributed by atoms with Crippen molar-refractivity contribution in [3.05, 3.63) is 64.7 Å². The molecule has 0 spiro atoms. The molecule has 0 aromatic heterocycles. The minimum absolute atomic E-state index is 0.406. The smallest absolute Gasteiger partial charge is 0.343 e. The number of carbonyl (C=O) groups excluding carboxylic acids is 1. The minimum atomic E-state index is -0.406. The van der Waals surface area contributed by atoms with E-state index >= 15 is 0 Å². The number of ether oxygens (including phenoxy) is 1. The van der Waals surface area contributed by atoms with Crippen molar-refractivity contribution in [2.45, 2.75) is 6.92 Å². The van der Waals surface area contributed by atoms with Gasteiger partial charge in [0, 0.05) is 5.02 Å². The SMILES string of the molecule is Cc1ccc(OC(=O)c2cccc(Cl)c2)cc1. The van der Waals surface area contributed by atoms with Crippen LogP contribution in [0.5, 0.6) is 5.75 Å². The highest BCUT2D eigenvalue weighted by molar-refractivity contribution is 6.30. The van der Waals surface area contributed by atoms with Gasteiger partial charge in [0.1, 0.15) is 5.75 Å². The minimum Gasteiger partial charge on any atom is -0.423 e. The number of hydrogen-bond donors (Lipinski definition) is 0. The zero-order valence-electron chi connectivity index (χ0n) is 9.31. The molecule has 0 atom stereocenters. The van der Waals surface area contributed by atoms with Crippen molar-refractivity contribution in [1.29, 1.82) is 0 Å². The van der Waals surface area contributed by atoms with E-state index in [0.29, 0.717) is 16.3 Å². The third-order valence-electron chi connectivity index (χ3n) is 2.29. The molecule has 0 heterocycles. The molecule has 0 saturated carbocycles. The van der Waals surface area contributed by atoms with Crippen LogP contribution in [0.4, 0.5) is 0 Å². The Balaban J connectivity index is 2.14. The summed E-state index contributed by atoms with van der Waals surface area (Å²) in [4.78, 5) is 11.8. The van der Waals surface area contributed by atoms with Crippen LogP contribution in [0.25, 0.3) is 0 Å². The molecular formula is C14H11ClO2. The van der Waals surface area contributed by atoms with Crippen LogP contribution in [-0.4, -0.2) is 5.97 Å². The molecule has 2 nitrogen and oxygen atoms in total. The largest absolute Gasteiger partial charge is 0.423 e. The standard InChI is InChI=1S/C14H11ClO2/c1-10-5-7-13(8-6-10)17-14(16)11-3-2-4-12(15)9-11/h2-9H,1H3. The lowest BCUT2D eigenvalue weighted by atomic mass is 10.2. The van der Waals surface area contributed by atoms with E-state index in [-0.39, 0.29) is 0 Å². The average Bonchev–Trinajstić information content (AvgIpc) is 2.32. The molecule has 2 rings (SSSR count). The molecule has 0 aliphatic carbocycles. The van der Waals surface area contributed by atoms with Gasteiger partial charge in [0.15, 0.2) is 0 Å². The molecule has 0 unspecified atom stereocenters. The topological polar surface area (TPSA) is 26.3 Å². The molecule has 0 bridgehead atoms. The van der Waals surface area contributed by atoms with E-state index in [1.54, 1.807) is 36.4 Å². The summed E-state index contributed by atoms with van der Waals surface area (Å²) in [7, 11) is 0. The molecule has 0 radical (unpaired) electrons. The molecule has 2 aromatic carbocycles. The van der Waals surface area contributed by atoms with Gasteiger partial charge in [-0.15, -0.1) is 0 Å². The van der Waals surface area contributed by atoms with Crippen molar-refractivity contribution in [2.75, 3.05) is 0 Å². The van der Waals surface area contributed by atoms with Gasteiger partial charge in [-0.3, -0.25) is 0 Å². The van der Waals surface area contributed by atoms with Gasteiger partial charge in [-0.05, 0) is 37.3 Å². The van der Waals surface area contributed by atoms with Gasteiger partial charge in [0.2, 0.25) is 0 Å². The van der Waals surface area contributed by atoms with Gasteiger partial charge in [0.05, 0.1) is 5.56 Å². The molecule has 0 fully saturated rings. The van der Waals surface area contributed by atoms with Crippen LogP contribution in [-0.2, 0) is 0 Å². The summed E-state index contributed by atoms with van der Waals surface area (Å²) in [6, 6.07) is 14.0. The molecule has 86 valence electrons. The molecule has 17 heavy (non-hydrogen) atoms. The summed E-state index contributed by atoms with van der Waals surface area (Å²) in [6.07, 6.45) is 0. The van der Waals surface area contributed by atoms with E-state index in [9.17, 15) is 4.79 Å². The maximum absolute atomic E-state index is 11.8. The van der Waals surface area contributed by atoms with E-state index in [1.807, 2.05) is 19.1 Å². The maximum Gasteiger partial charge on any atom is 0.343 e. The average molecular weight is 247 g/mol. The Morgan fingerprint density at radius 1 is 1.12 bits per heavy atom. The summed E-state index contributed by atoms with van der Waals surface area (Å²) in [5.41, 5.74) is 1.56. The highest BCUT2D eigenvalue weighted by atomic mass is 35.5. The second-order valence-corrected chi connectivity index (χ2v) is 4.15. The van der Waals surface area contributed by atoms with Crippen LogP contribution in [0.2, 0.25) is 5.02 Å². The normalized spacial score (nSPS) is 10.0. The Bertz CT molecular complexity index is 532. The van der Waals surface area contributed by atoms with Crippen LogP contribution in [0.3, 0.4) is 0 Å². The fourth-order valence-corrected chi connectivity index (χ4v) is 1.58. The monoisotopic (exact) mass is 246 g/mol. The molecule has 0 N–H and O–H groups in total. The van der Waals surface area contributed by atoms with Crippen molar-refractivity contribution in [1.82, 2.24) is 0 Å². The Labute approximate surface area is 105 Å². The number of benzene rings is 2. The fourth-order valence-electron chi connectivity index (χ4n) is 1.39. The summed E-state index contributed by atoms with van der Waals surface area (Å²) in [6.45, 7) is 1.97. The second kappa shape index (κ2) is 5.02. The number of esters is 1. The maximum atomic E-state index is 11.8. The third kappa shape index (κ3) is 3.08. The Hall–Kier alpha value is -1.80. The molecule has 0 aliphatic heterocycles. The lowest BCUT2D eigenvalue weighted by Crippen LogP contribution is -2.08. The van der Waals surface area contributed by atoms with Crippen molar-refractivity contribution in [2.24, 2.45) is 0 Å². The number of carbonyl (C=O) groups is 1. The summed E-state index contributed by atoms with van der Waals surface area (Å²) < 4.78 is 5.21. The first-order valence-corrected chi connectivity index (χ1v) is 5.57. The van der Waals surface area contributed by atoms with E-state index in [4.69, 9.17) is 16.3 Å². The molecule has 2 aromatic rings. The van der Waals surface area contributed by atoms with Gasteiger partial charge in [0.25, 0.3) is 0 Å². The first-order chi connectivity index (χ1) is 8.15.